The van der Waals surface area contributed by atoms with Crippen LogP contribution in [0, 0.1) is 12.7 Å². The number of allylic oxidation sites excluding steroid dienone is 1. The van der Waals surface area contributed by atoms with Crippen molar-refractivity contribution < 1.29 is 9.13 Å². The lowest BCUT2D eigenvalue weighted by atomic mass is 10.1. The van der Waals surface area contributed by atoms with Crippen molar-refractivity contribution in [2.45, 2.75) is 53.9 Å². The second-order valence-corrected chi connectivity index (χ2v) is 7.51. The molecule has 0 atom stereocenters. The molecule has 0 heterocycles. The van der Waals surface area contributed by atoms with E-state index < -0.39 is 0 Å². The predicted molar refractivity (Wildman–Crippen MR) is 144 cm³/mol. The van der Waals surface area contributed by atoms with Gasteiger partial charge >= 0.3 is 0 Å². The Morgan fingerprint density at radius 1 is 1.15 bits per heavy atom. The highest BCUT2D eigenvalue weighted by atomic mass is 19.1. The maximum Gasteiger partial charge on any atom is 0.240 e. The predicted octanol–water partition coefficient (Wildman–Crippen LogP) is 7.46. The number of unbranched alkanes of at least 4 members (excludes halogenated alkanes) is 1. The minimum atomic E-state index is -0.348. The zero-order valence-corrected chi connectivity index (χ0v) is 21.2. The average Bonchev–Trinajstić information content (AvgIpc) is 2.82. The third-order valence-electron chi connectivity index (χ3n) is 4.67. The first-order valence-corrected chi connectivity index (χ1v) is 11.3. The summed E-state index contributed by atoms with van der Waals surface area (Å²) in [5.74, 6) is 0.0817. The van der Waals surface area contributed by atoms with Gasteiger partial charge in [-0.05, 0) is 62.7 Å². The second-order valence-electron chi connectivity index (χ2n) is 7.51. The summed E-state index contributed by atoms with van der Waals surface area (Å²) in [6, 6.07) is 11.8. The molecule has 0 radical (unpaired) electrons. The van der Waals surface area contributed by atoms with Gasteiger partial charge in [-0.25, -0.2) is 9.40 Å². The summed E-state index contributed by atoms with van der Waals surface area (Å²) in [6.45, 7) is 17.6. The molecular weight excluding hydrogens is 429 g/mol. The summed E-state index contributed by atoms with van der Waals surface area (Å²) < 4.78 is 18.8. The Balaban J connectivity index is 0.00000133. The number of hydrazone groups is 1. The van der Waals surface area contributed by atoms with Crippen LogP contribution in [0.5, 0.6) is 0 Å². The Hall–Kier alpha value is -3.61. The molecule has 0 aromatic heterocycles. The van der Waals surface area contributed by atoms with Crippen molar-refractivity contribution in [2.75, 3.05) is 12.1 Å². The van der Waals surface area contributed by atoms with E-state index in [2.05, 4.69) is 42.4 Å². The minimum absolute atomic E-state index is 0.348. The highest BCUT2D eigenvalue weighted by Crippen LogP contribution is 2.24. The standard InChI is InChI=1S/C23H26FN5O.C4H10/c1-7-26-28-23(30-6)19-11-12-22(16(2)13-19)27-17(3)14-18(4)29(25-5)21-10-8-9-20(24)15-21;1-3-4-2/h7-13,15H,4-5,14H2,1-3,6H3;3-4H2,1-2H3/b26-7+,27-17?,28-23-;. The Morgan fingerprint density at radius 3 is 2.38 bits per heavy atom. The normalized spacial score (nSPS) is 11.6. The minimum Gasteiger partial charge on any atom is -0.479 e. The Kier molecular flexibility index (Phi) is 12.8. The summed E-state index contributed by atoms with van der Waals surface area (Å²) in [5.41, 5.74) is 4.63. The summed E-state index contributed by atoms with van der Waals surface area (Å²) >= 11 is 0. The van der Waals surface area contributed by atoms with E-state index in [1.54, 1.807) is 32.4 Å². The van der Waals surface area contributed by atoms with Gasteiger partial charge in [0.05, 0.1) is 18.5 Å². The molecular formula is C27H36FN5O. The molecule has 0 aliphatic carbocycles. The zero-order chi connectivity index (χ0) is 25.5. The Bertz CT molecular complexity index is 1040. The number of aliphatic imine (C=N–C) groups is 1. The van der Waals surface area contributed by atoms with Crippen molar-refractivity contribution in [2.24, 2.45) is 20.3 Å². The molecule has 7 heteroatoms. The fourth-order valence-corrected chi connectivity index (χ4v) is 2.83. The molecule has 2 rings (SSSR count). The Morgan fingerprint density at radius 2 is 1.85 bits per heavy atom. The second kappa shape index (κ2) is 15.3. The van der Waals surface area contributed by atoms with Crippen molar-refractivity contribution in [3.05, 3.63) is 71.7 Å². The van der Waals surface area contributed by atoms with Gasteiger partial charge in [0.15, 0.2) is 0 Å². The van der Waals surface area contributed by atoms with Gasteiger partial charge < -0.3 is 4.74 Å². The molecule has 34 heavy (non-hydrogen) atoms. The van der Waals surface area contributed by atoms with Gasteiger partial charge in [-0.2, -0.15) is 10.2 Å². The van der Waals surface area contributed by atoms with Gasteiger partial charge in [0.25, 0.3) is 0 Å². The van der Waals surface area contributed by atoms with E-state index in [9.17, 15) is 4.39 Å². The maximum absolute atomic E-state index is 13.5. The molecule has 182 valence electrons. The molecule has 0 saturated heterocycles. The maximum atomic E-state index is 13.5. The van der Waals surface area contributed by atoms with Crippen LogP contribution in [-0.2, 0) is 4.74 Å². The molecule has 0 fully saturated rings. The lowest BCUT2D eigenvalue weighted by molar-refractivity contribution is 0.403. The number of rotatable bonds is 9. The van der Waals surface area contributed by atoms with Crippen LogP contribution in [0.1, 0.15) is 58.1 Å². The van der Waals surface area contributed by atoms with Gasteiger partial charge in [0.1, 0.15) is 5.82 Å². The summed E-state index contributed by atoms with van der Waals surface area (Å²) in [4.78, 5) is 4.70. The summed E-state index contributed by atoms with van der Waals surface area (Å²) in [7, 11) is 1.55. The SMILES string of the molecule is C=NN(C(=C)CC(C)=Nc1ccc(/C(=N/N=C/C)OC)cc1C)c1cccc(F)c1.CCCC. The fraction of sp³-hybridized carbons (Fsp3) is 0.333. The van der Waals surface area contributed by atoms with Crippen molar-refractivity contribution in [1.29, 1.82) is 0 Å². The largest absolute Gasteiger partial charge is 0.479 e. The van der Waals surface area contributed by atoms with Crippen LogP contribution < -0.4 is 5.01 Å². The third kappa shape index (κ3) is 9.10. The van der Waals surface area contributed by atoms with Crippen molar-refractivity contribution >= 4 is 35.9 Å². The number of ether oxygens (including phenoxy) is 1. The highest BCUT2D eigenvalue weighted by Gasteiger charge is 2.11. The molecule has 0 unspecified atom stereocenters. The van der Waals surface area contributed by atoms with Crippen LogP contribution in [0.3, 0.4) is 0 Å². The van der Waals surface area contributed by atoms with Gasteiger partial charge in [0.2, 0.25) is 5.90 Å². The van der Waals surface area contributed by atoms with E-state index in [1.165, 1.54) is 30.0 Å². The van der Waals surface area contributed by atoms with E-state index >= 15 is 0 Å². The first kappa shape index (κ1) is 28.4. The van der Waals surface area contributed by atoms with E-state index in [0.29, 0.717) is 23.7 Å². The third-order valence-corrected chi connectivity index (χ3v) is 4.67. The van der Waals surface area contributed by atoms with Gasteiger partial charge in [-0.3, -0.25) is 4.99 Å². The number of hydrogen-bond donors (Lipinski definition) is 0. The topological polar surface area (TPSA) is 61.9 Å². The number of halogens is 1. The molecule has 0 spiro atoms. The van der Waals surface area contributed by atoms with E-state index in [-0.39, 0.29) is 5.82 Å². The molecule has 0 saturated carbocycles. The zero-order valence-electron chi connectivity index (χ0n) is 21.2. The van der Waals surface area contributed by atoms with Gasteiger partial charge in [-0.1, -0.05) is 39.3 Å². The van der Waals surface area contributed by atoms with E-state index in [4.69, 9.17) is 9.73 Å². The Labute approximate surface area is 203 Å². The van der Waals surface area contributed by atoms with Crippen LogP contribution >= 0.6 is 0 Å². The highest BCUT2D eigenvalue weighted by molar-refractivity contribution is 5.95. The average molecular weight is 466 g/mol. The summed E-state index contributed by atoms with van der Waals surface area (Å²) in [6.07, 6.45) is 4.68. The van der Waals surface area contributed by atoms with Gasteiger partial charge in [0, 0.05) is 36.3 Å². The number of hydrogen-bond acceptors (Lipinski definition) is 6. The lowest BCUT2D eigenvalue weighted by Gasteiger charge is -2.21. The van der Waals surface area contributed by atoms with Gasteiger partial charge in [-0.15, -0.1) is 5.10 Å². The monoisotopic (exact) mass is 465 g/mol. The lowest BCUT2D eigenvalue weighted by Crippen LogP contribution is -2.16. The number of methoxy groups -OCH3 is 1. The van der Waals surface area contributed by atoms with Crippen LogP contribution in [0.15, 0.2) is 75.0 Å². The van der Waals surface area contributed by atoms with Crippen molar-refractivity contribution in [3.63, 3.8) is 0 Å². The van der Waals surface area contributed by atoms with Crippen LogP contribution in [0.2, 0.25) is 0 Å². The molecule has 2 aromatic carbocycles. The molecule has 0 aliphatic rings. The van der Waals surface area contributed by atoms with Crippen LogP contribution in [-0.4, -0.2) is 31.7 Å². The first-order chi connectivity index (χ1) is 16.3. The number of benzene rings is 2. The molecule has 0 bridgehead atoms. The fourth-order valence-electron chi connectivity index (χ4n) is 2.83. The molecule has 6 nitrogen and oxygen atoms in total. The molecule has 0 amide bonds. The van der Waals surface area contributed by atoms with E-state index in [1.807, 2.05) is 32.0 Å². The molecule has 0 aliphatic heterocycles. The van der Waals surface area contributed by atoms with Crippen molar-refractivity contribution in [1.82, 2.24) is 0 Å². The van der Waals surface area contributed by atoms with Crippen molar-refractivity contribution in [3.8, 4) is 0 Å². The smallest absolute Gasteiger partial charge is 0.240 e. The van der Waals surface area contributed by atoms with Crippen LogP contribution in [0.4, 0.5) is 15.8 Å². The van der Waals surface area contributed by atoms with E-state index in [0.717, 1.165) is 22.5 Å². The number of anilines is 1. The molecule has 2 aromatic rings. The van der Waals surface area contributed by atoms with Crippen LogP contribution in [0.25, 0.3) is 0 Å². The number of aryl methyl sites for hydroxylation is 1. The quantitative estimate of drug-likeness (QED) is 0.219. The first-order valence-electron chi connectivity index (χ1n) is 11.3. The molecule has 0 N–H and O–H groups in total. The summed E-state index contributed by atoms with van der Waals surface area (Å²) in [5, 5.41) is 13.4. The number of nitrogens with zero attached hydrogens (tertiary/aromatic N) is 5.